The fourth-order valence-electron chi connectivity index (χ4n) is 1.46. The van der Waals surface area contributed by atoms with Gasteiger partial charge in [0.1, 0.15) is 0 Å². The minimum Gasteiger partial charge on any atom is -0.481 e. The van der Waals surface area contributed by atoms with Crippen LogP contribution in [0.2, 0.25) is 0 Å². The lowest BCUT2D eigenvalue weighted by Crippen LogP contribution is -2.29. The average molecular weight is 241 g/mol. The molecule has 1 aromatic heterocycles. The van der Waals surface area contributed by atoms with Crippen LogP contribution in [0.15, 0.2) is 17.5 Å². The van der Waals surface area contributed by atoms with Gasteiger partial charge in [-0.2, -0.15) is 0 Å². The van der Waals surface area contributed by atoms with Crippen LogP contribution in [0.4, 0.5) is 0 Å². The predicted octanol–water partition coefficient (Wildman–Crippen LogP) is 1.83. The smallest absolute Gasteiger partial charge is 0.303 e. The number of rotatable bonds is 6. The van der Waals surface area contributed by atoms with E-state index in [1.54, 1.807) is 0 Å². The molecule has 0 spiro atoms. The normalized spacial score (nSPS) is 12.1. The summed E-state index contributed by atoms with van der Waals surface area (Å²) in [4.78, 5) is 23.2. The Morgan fingerprint density at radius 2 is 2.31 bits per heavy atom. The second-order valence-electron chi connectivity index (χ2n) is 3.39. The lowest BCUT2D eigenvalue weighted by Gasteiger charge is -2.13. The zero-order chi connectivity index (χ0) is 12.0. The highest BCUT2D eigenvalue weighted by atomic mass is 32.1. The van der Waals surface area contributed by atoms with Crippen molar-refractivity contribution in [1.29, 1.82) is 0 Å². The molecule has 88 valence electrons. The highest BCUT2D eigenvalue weighted by molar-refractivity contribution is 7.10. The van der Waals surface area contributed by atoms with E-state index in [2.05, 4.69) is 5.32 Å². The molecule has 1 rings (SSSR count). The Balaban J connectivity index is 2.69. The largest absolute Gasteiger partial charge is 0.481 e. The second kappa shape index (κ2) is 6.27. The molecule has 0 aliphatic carbocycles. The quantitative estimate of drug-likeness (QED) is 0.798. The molecule has 0 saturated carbocycles. The van der Waals surface area contributed by atoms with Crippen LogP contribution in [-0.4, -0.2) is 23.5 Å². The van der Waals surface area contributed by atoms with E-state index in [1.165, 1.54) is 11.3 Å². The summed E-state index contributed by atoms with van der Waals surface area (Å²) in [6.07, 6.45) is 0.362. The van der Waals surface area contributed by atoms with E-state index < -0.39 is 5.97 Å². The van der Waals surface area contributed by atoms with Crippen molar-refractivity contribution in [3.05, 3.63) is 22.4 Å². The predicted molar refractivity (Wildman–Crippen MR) is 62.6 cm³/mol. The van der Waals surface area contributed by atoms with Crippen molar-refractivity contribution in [1.82, 2.24) is 5.32 Å². The molecule has 4 nitrogen and oxygen atoms in total. The van der Waals surface area contributed by atoms with E-state index >= 15 is 0 Å². The number of carboxylic acids is 1. The van der Waals surface area contributed by atoms with Crippen molar-refractivity contribution < 1.29 is 14.7 Å². The monoisotopic (exact) mass is 241 g/mol. The number of thiophene rings is 1. The van der Waals surface area contributed by atoms with Gasteiger partial charge in [-0.15, -0.1) is 11.3 Å². The Kier molecular flexibility index (Phi) is 4.98. The zero-order valence-corrected chi connectivity index (χ0v) is 9.92. The van der Waals surface area contributed by atoms with Crippen molar-refractivity contribution in [3.8, 4) is 0 Å². The summed E-state index contributed by atoms with van der Waals surface area (Å²) in [6, 6.07) is 3.74. The van der Waals surface area contributed by atoms with Gasteiger partial charge >= 0.3 is 5.97 Å². The third-order valence-corrected chi connectivity index (χ3v) is 3.19. The number of hydrogen-bond acceptors (Lipinski definition) is 3. The molecular formula is C11H15NO3S. The van der Waals surface area contributed by atoms with Crippen molar-refractivity contribution in [3.63, 3.8) is 0 Å². The van der Waals surface area contributed by atoms with Gasteiger partial charge in [0.2, 0.25) is 5.91 Å². The van der Waals surface area contributed by atoms with E-state index in [0.29, 0.717) is 13.0 Å². The van der Waals surface area contributed by atoms with Crippen LogP contribution in [0.1, 0.15) is 30.6 Å². The molecule has 2 N–H and O–H groups in total. The maximum Gasteiger partial charge on any atom is 0.303 e. The van der Waals surface area contributed by atoms with Gasteiger partial charge in [-0.25, -0.2) is 0 Å². The Labute approximate surface area is 98.3 Å². The van der Waals surface area contributed by atoms with E-state index in [4.69, 9.17) is 5.11 Å². The minimum absolute atomic E-state index is 0.0136. The number of likely N-dealkylation sites (N-methyl/N-ethyl adjacent to an activating group) is 1. The lowest BCUT2D eigenvalue weighted by atomic mass is 10.0. The standard InChI is InChI=1S/C11H15NO3S/c1-2-12-11(15)8(5-6-10(13)14)9-4-3-7-16-9/h3-4,7-8H,2,5-6H2,1H3,(H,12,15)(H,13,14). The Morgan fingerprint density at radius 3 is 2.81 bits per heavy atom. The first-order valence-corrected chi connectivity index (χ1v) is 6.06. The van der Waals surface area contributed by atoms with Gasteiger partial charge in [0, 0.05) is 17.8 Å². The van der Waals surface area contributed by atoms with Crippen LogP contribution in [0.25, 0.3) is 0 Å². The maximum atomic E-state index is 11.8. The van der Waals surface area contributed by atoms with Crippen molar-refractivity contribution in [2.24, 2.45) is 0 Å². The summed E-state index contributed by atoms with van der Waals surface area (Å²) in [6.45, 7) is 2.41. The fourth-order valence-corrected chi connectivity index (χ4v) is 2.32. The lowest BCUT2D eigenvalue weighted by molar-refractivity contribution is -0.137. The first-order valence-electron chi connectivity index (χ1n) is 5.18. The second-order valence-corrected chi connectivity index (χ2v) is 4.37. The van der Waals surface area contributed by atoms with Crippen LogP contribution in [0, 0.1) is 0 Å². The molecule has 0 aromatic carbocycles. The SMILES string of the molecule is CCNC(=O)C(CCC(=O)O)c1cccs1. The molecule has 1 aromatic rings. The van der Waals surface area contributed by atoms with Crippen LogP contribution in [0.3, 0.4) is 0 Å². The van der Waals surface area contributed by atoms with Gasteiger partial charge < -0.3 is 10.4 Å². The Bertz CT molecular complexity index is 348. The molecule has 0 radical (unpaired) electrons. The molecule has 0 aliphatic rings. The molecule has 1 amide bonds. The molecule has 1 atom stereocenters. The number of amides is 1. The summed E-state index contributed by atoms with van der Waals surface area (Å²) < 4.78 is 0. The fraction of sp³-hybridized carbons (Fsp3) is 0.455. The Hall–Kier alpha value is -1.36. The van der Waals surface area contributed by atoms with Crippen molar-refractivity contribution >= 4 is 23.2 Å². The number of nitrogens with one attached hydrogen (secondary N) is 1. The zero-order valence-electron chi connectivity index (χ0n) is 9.10. The number of carbonyl (C=O) groups is 2. The number of hydrogen-bond donors (Lipinski definition) is 2. The first-order chi connectivity index (χ1) is 7.65. The maximum absolute atomic E-state index is 11.8. The van der Waals surface area contributed by atoms with E-state index in [-0.39, 0.29) is 18.2 Å². The highest BCUT2D eigenvalue weighted by Crippen LogP contribution is 2.25. The molecule has 1 unspecified atom stereocenters. The van der Waals surface area contributed by atoms with Gasteiger partial charge in [-0.05, 0) is 24.8 Å². The summed E-state index contributed by atoms with van der Waals surface area (Å²) >= 11 is 1.48. The molecule has 5 heteroatoms. The van der Waals surface area contributed by atoms with Gasteiger partial charge in [-0.3, -0.25) is 9.59 Å². The molecule has 0 bridgehead atoms. The van der Waals surface area contributed by atoms with E-state index in [0.717, 1.165) is 4.88 Å². The molecule has 0 saturated heterocycles. The molecule has 16 heavy (non-hydrogen) atoms. The van der Waals surface area contributed by atoms with Crippen molar-refractivity contribution in [2.75, 3.05) is 6.54 Å². The van der Waals surface area contributed by atoms with Gasteiger partial charge in [0.25, 0.3) is 0 Å². The van der Waals surface area contributed by atoms with Crippen molar-refractivity contribution in [2.45, 2.75) is 25.7 Å². The van der Waals surface area contributed by atoms with Crippen LogP contribution in [-0.2, 0) is 9.59 Å². The summed E-state index contributed by atoms with van der Waals surface area (Å²) in [5, 5.41) is 13.3. The van der Waals surface area contributed by atoms with E-state index in [1.807, 2.05) is 24.4 Å². The number of carbonyl (C=O) groups excluding carboxylic acids is 1. The molecule has 0 aliphatic heterocycles. The van der Waals surface area contributed by atoms with Crippen LogP contribution in [0.5, 0.6) is 0 Å². The molecule has 1 heterocycles. The number of aliphatic carboxylic acids is 1. The molecule has 0 fully saturated rings. The third-order valence-electron chi connectivity index (χ3n) is 2.20. The van der Waals surface area contributed by atoms with E-state index in [9.17, 15) is 9.59 Å². The topological polar surface area (TPSA) is 66.4 Å². The average Bonchev–Trinajstić information content (AvgIpc) is 2.71. The van der Waals surface area contributed by atoms with Gasteiger partial charge in [0.15, 0.2) is 0 Å². The summed E-state index contributed by atoms with van der Waals surface area (Å²) in [5.41, 5.74) is 0. The minimum atomic E-state index is -0.870. The van der Waals surface area contributed by atoms with Gasteiger partial charge in [-0.1, -0.05) is 6.07 Å². The summed E-state index contributed by atoms with van der Waals surface area (Å²) in [5.74, 6) is -1.30. The van der Waals surface area contributed by atoms with Crippen LogP contribution < -0.4 is 5.32 Å². The van der Waals surface area contributed by atoms with Crippen LogP contribution >= 0.6 is 11.3 Å². The third kappa shape index (κ3) is 3.66. The van der Waals surface area contributed by atoms with Gasteiger partial charge in [0.05, 0.1) is 5.92 Å². The summed E-state index contributed by atoms with van der Waals surface area (Å²) in [7, 11) is 0. The Morgan fingerprint density at radius 1 is 1.56 bits per heavy atom. The highest BCUT2D eigenvalue weighted by Gasteiger charge is 2.21. The molecular weight excluding hydrogens is 226 g/mol. The number of carboxylic acid groups (broad SMARTS) is 1. The first kappa shape index (κ1) is 12.7.